The first-order valence-corrected chi connectivity index (χ1v) is 11.2. The van der Waals surface area contributed by atoms with Crippen LogP contribution < -0.4 is 0 Å². The Morgan fingerprint density at radius 1 is 0.938 bits per heavy atom. The molecule has 1 saturated heterocycles. The second-order valence-corrected chi connectivity index (χ2v) is 8.85. The van der Waals surface area contributed by atoms with Crippen LogP contribution in [0.25, 0.3) is 10.9 Å². The van der Waals surface area contributed by atoms with Crippen molar-refractivity contribution in [2.45, 2.75) is 38.8 Å². The highest BCUT2D eigenvalue weighted by Gasteiger charge is 2.29. The predicted molar refractivity (Wildman–Crippen MR) is 126 cm³/mol. The molecule has 1 unspecified atom stereocenters. The fraction of sp³-hybridized carbons (Fsp3) is 0.250. The van der Waals surface area contributed by atoms with Crippen LogP contribution in [0.1, 0.15) is 41.0 Å². The van der Waals surface area contributed by atoms with Gasteiger partial charge < -0.3 is 9.47 Å². The Morgan fingerprint density at radius 3 is 2.53 bits per heavy atom. The zero-order valence-electron chi connectivity index (χ0n) is 18.3. The summed E-state index contributed by atoms with van der Waals surface area (Å²) in [7, 11) is 0. The molecule has 32 heavy (non-hydrogen) atoms. The molecule has 0 saturated carbocycles. The summed E-state index contributed by atoms with van der Waals surface area (Å²) in [6.45, 7) is 4.08. The van der Waals surface area contributed by atoms with E-state index in [-0.39, 0.29) is 17.6 Å². The third-order valence-electron chi connectivity index (χ3n) is 6.52. The number of hydrogen-bond donors (Lipinski definition) is 0. The summed E-state index contributed by atoms with van der Waals surface area (Å²) in [4.78, 5) is 14.8. The molecule has 3 nitrogen and oxygen atoms in total. The number of piperidine rings is 1. The molecule has 0 radical (unpaired) electrons. The van der Waals surface area contributed by atoms with Gasteiger partial charge >= 0.3 is 0 Å². The van der Waals surface area contributed by atoms with Gasteiger partial charge in [-0.05, 0) is 54.2 Å². The lowest BCUT2D eigenvalue weighted by molar-refractivity contribution is -0.134. The maximum Gasteiger partial charge on any atom is 0.223 e. The lowest BCUT2D eigenvalue weighted by Crippen LogP contribution is -2.37. The van der Waals surface area contributed by atoms with E-state index < -0.39 is 0 Å². The summed E-state index contributed by atoms with van der Waals surface area (Å²) in [5, 5.41) is 1.23. The highest BCUT2D eigenvalue weighted by molar-refractivity contribution is 5.86. The summed E-state index contributed by atoms with van der Waals surface area (Å²) in [5.74, 6) is 0.0857. The molecular formula is C28H27FN2O. The maximum atomic E-state index is 13.5. The van der Waals surface area contributed by atoms with E-state index in [4.69, 9.17) is 0 Å². The van der Waals surface area contributed by atoms with Crippen molar-refractivity contribution >= 4 is 16.8 Å². The quantitative estimate of drug-likeness (QED) is 0.382. The second-order valence-electron chi connectivity index (χ2n) is 8.85. The standard InChI is InChI=1S/C28H27FN2O/c1-20-9-11-21(12-10-20)17-31-19-26(25-7-2-3-8-27(25)31)23-13-14-30(28(32)16-23)18-22-5-4-6-24(29)15-22/h2-12,15,19,23H,13-14,16-18H2,1H3. The van der Waals surface area contributed by atoms with Crippen molar-refractivity contribution in [3.8, 4) is 0 Å². The van der Waals surface area contributed by atoms with Crippen LogP contribution in [0.5, 0.6) is 0 Å². The molecule has 2 heterocycles. The van der Waals surface area contributed by atoms with Crippen LogP contribution in [-0.2, 0) is 17.9 Å². The molecule has 3 aromatic carbocycles. The van der Waals surface area contributed by atoms with Gasteiger partial charge in [-0.3, -0.25) is 4.79 Å². The van der Waals surface area contributed by atoms with E-state index in [0.29, 0.717) is 19.5 Å². The Balaban J connectivity index is 1.37. The van der Waals surface area contributed by atoms with Crippen LogP contribution in [-0.4, -0.2) is 21.9 Å². The molecule has 5 rings (SSSR count). The molecule has 1 amide bonds. The van der Waals surface area contributed by atoms with Gasteiger partial charge in [0.2, 0.25) is 5.91 Å². The first-order valence-electron chi connectivity index (χ1n) is 11.2. The Hall–Kier alpha value is -3.40. The topological polar surface area (TPSA) is 25.2 Å². The molecule has 4 heteroatoms. The third-order valence-corrected chi connectivity index (χ3v) is 6.52. The molecule has 0 N–H and O–H groups in total. The number of likely N-dealkylation sites (tertiary alicyclic amines) is 1. The lowest BCUT2D eigenvalue weighted by atomic mass is 9.88. The van der Waals surface area contributed by atoms with Crippen molar-refractivity contribution in [2.75, 3.05) is 6.54 Å². The zero-order chi connectivity index (χ0) is 22.1. The number of rotatable bonds is 5. The predicted octanol–water partition coefficient (Wildman–Crippen LogP) is 6.04. The first kappa shape index (κ1) is 20.5. The monoisotopic (exact) mass is 426 g/mol. The molecule has 1 atom stereocenters. The summed E-state index contributed by atoms with van der Waals surface area (Å²) in [6.07, 6.45) is 3.65. The molecule has 1 aliphatic heterocycles. The van der Waals surface area contributed by atoms with E-state index in [1.165, 1.54) is 39.7 Å². The maximum absolute atomic E-state index is 13.5. The first-order chi connectivity index (χ1) is 15.6. The summed E-state index contributed by atoms with van der Waals surface area (Å²) in [5.41, 5.74) is 5.83. The van der Waals surface area contributed by atoms with Gasteiger partial charge in [-0.2, -0.15) is 0 Å². The number of carbonyl (C=O) groups excluding carboxylic acids is 1. The number of hydrogen-bond acceptors (Lipinski definition) is 1. The van der Waals surface area contributed by atoms with E-state index in [1.807, 2.05) is 11.0 Å². The Morgan fingerprint density at radius 2 is 1.75 bits per heavy atom. The minimum Gasteiger partial charge on any atom is -0.343 e. The molecule has 162 valence electrons. The van der Waals surface area contributed by atoms with Gasteiger partial charge in [-0.15, -0.1) is 0 Å². The van der Waals surface area contributed by atoms with Crippen molar-refractivity contribution < 1.29 is 9.18 Å². The fourth-order valence-corrected chi connectivity index (χ4v) is 4.79. The summed E-state index contributed by atoms with van der Waals surface area (Å²) < 4.78 is 15.8. The van der Waals surface area contributed by atoms with Crippen LogP contribution in [0.3, 0.4) is 0 Å². The number of aromatic nitrogens is 1. The van der Waals surface area contributed by atoms with Gasteiger partial charge in [0.25, 0.3) is 0 Å². The van der Waals surface area contributed by atoms with Gasteiger partial charge in [-0.1, -0.05) is 60.2 Å². The molecule has 0 spiro atoms. The van der Waals surface area contributed by atoms with Gasteiger partial charge in [0.1, 0.15) is 5.82 Å². The van der Waals surface area contributed by atoms with E-state index >= 15 is 0 Å². The zero-order valence-corrected chi connectivity index (χ0v) is 18.3. The fourth-order valence-electron chi connectivity index (χ4n) is 4.79. The minimum atomic E-state index is -0.258. The number of amides is 1. The van der Waals surface area contributed by atoms with Crippen molar-refractivity contribution in [3.05, 3.63) is 107 Å². The molecule has 0 bridgehead atoms. The average molecular weight is 427 g/mol. The number of benzene rings is 3. The number of carbonyl (C=O) groups is 1. The van der Waals surface area contributed by atoms with Gasteiger partial charge in [-0.25, -0.2) is 4.39 Å². The molecule has 4 aromatic rings. The third kappa shape index (κ3) is 4.18. The van der Waals surface area contributed by atoms with Gasteiger partial charge in [0.05, 0.1) is 0 Å². The summed E-state index contributed by atoms with van der Waals surface area (Å²) >= 11 is 0. The van der Waals surface area contributed by atoms with Crippen molar-refractivity contribution in [3.63, 3.8) is 0 Å². The van der Waals surface area contributed by atoms with E-state index in [1.54, 1.807) is 6.07 Å². The highest BCUT2D eigenvalue weighted by atomic mass is 19.1. The Kier molecular flexibility index (Phi) is 5.52. The average Bonchev–Trinajstić information content (AvgIpc) is 3.15. The van der Waals surface area contributed by atoms with Crippen LogP contribution >= 0.6 is 0 Å². The Labute approximate surface area is 188 Å². The normalized spacial score (nSPS) is 16.6. The molecule has 0 aliphatic carbocycles. The largest absolute Gasteiger partial charge is 0.343 e. The van der Waals surface area contributed by atoms with Crippen LogP contribution in [0.2, 0.25) is 0 Å². The van der Waals surface area contributed by atoms with E-state index in [9.17, 15) is 9.18 Å². The second kappa shape index (κ2) is 8.62. The van der Waals surface area contributed by atoms with Crippen LogP contribution in [0.4, 0.5) is 4.39 Å². The number of para-hydroxylation sites is 1. The number of nitrogens with zero attached hydrogens (tertiary/aromatic N) is 2. The molecule has 1 aromatic heterocycles. The number of aryl methyl sites for hydroxylation is 1. The lowest BCUT2D eigenvalue weighted by Gasteiger charge is -2.32. The SMILES string of the molecule is Cc1ccc(Cn2cc(C3CCN(Cc4cccc(F)c4)C(=O)C3)c3ccccc32)cc1. The number of halogens is 1. The smallest absolute Gasteiger partial charge is 0.223 e. The van der Waals surface area contributed by atoms with E-state index in [0.717, 1.165) is 18.5 Å². The summed E-state index contributed by atoms with van der Waals surface area (Å²) in [6, 6.07) is 23.6. The molecule has 1 fully saturated rings. The van der Waals surface area contributed by atoms with Gasteiger partial charge in [0, 0.05) is 43.2 Å². The minimum absolute atomic E-state index is 0.140. The van der Waals surface area contributed by atoms with Crippen molar-refractivity contribution in [1.29, 1.82) is 0 Å². The Bertz CT molecular complexity index is 1260. The van der Waals surface area contributed by atoms with Crippen LogP contribution in [0.15, 0.2) is 79.0 Å². The molecule has 1 aliphatic rings. The van der Waals surface area contributed by atoms with Crippen molar-refractivity contribution in [1.82, 2.24) is 9.47 Å². The van der Waals surface area contributed by atoms with Crippen molar-refractivity contribution in [2.24, 2.45) is 0 Å². The van der Waals surface area contributed by atoms with Gasteiger partial charge in [0.15, 0.2) is 0 Å². The van der Waals surface area contributed by atoms with E-state index in [2.05, 4.69) is 66.2 Å². The highest BCUT2D eigenvalue weighted by Crippen LogP contribution is 2.35. The number of fused-ring (bicyclic) bond motifs is 1. The molecular weight excluding hydrogens is 399 g/mol. The van der Waals surface area contributed by atoms with Crippen LogP contribution in [0, 0.1) is 12.7 Å².